The second kappa shape index (κ2) is 13.0. The maximum Gasteiger partial charge on any atom is 0.248 e. The van der Waals surface area contributed by atoms with Crippen LogP contribution in [-0.4, -0.2) is 51.3 Å². The summed E-state index contributed by atoms with van der Waals surface area (Å²) in [7, 11) is -3.88. The Bertz CT molecular complexity index is 1990. The maximum absolute atomic E-state index is 13.9. The first-order valence-electron chi connectivity index (χ1n) is 15.6. The average Bonchev–Trinajstić information content (AvgIpc) is 3.45. The van der Waals surface area contributed by atoms with Gasteiger partial charge < -0.3 is 10.1 Å². The van der Waals surface area contributed by atoms with Crippen LogP contribution in [0.5, 0.6) is 5.88 Å². The molecular weight excluding hydrogens is 600 g/mol. The number of hydrogen-bond donors (Lipinski definition) is 1. The Morgan fingerprint density at radius 1 is 1.04 bits per heavy atom. The summed E-state index contributed by atoms with van der Waals surface area (Å²) in [6.07, 6.45) is 2.01. The number of aromatic nitrogens is 4. The molecule has 0 bridgehead atoms. The molecule has 6 rings (SSSR count). The van der Waals surface area contributed by atoms with Crippen molar-refractivity contribution in [2.45, 2.75) is 70.5 Å². The van der Waals surface area contributed by atoms with E-state index >= 15 is 0 Å². The highest BCUT2D eigenvalue weighted by molar-refractivity contribution is 7.89. The zero-order valence-electron chi connectivity index (χ0n) is 26.5. The molecule has 0 saturated heterocycles. The van der Waals surface area contributed by atoms with Gasteiger partial charge in [-0.1, -0.05) is 54.6 Å². The lowest BCUT2D eigenvalue weighted by Crippen LogP contribution is -2.36. The highest BCUT2D eigenvalue weighted by Crippen LogP contribution is 2.36. The first kappa shape index (κ1) is 31.4. The van der Waals surface area contributed by atoms with Crippen molar-refractivity contribution >= 4 is 32.7 Å². The van der Waals surface area contributed by atoms with Gasteiger partial charge in [-0.05, 0) is 85.3 Å². The summed E-state index contributed by atoms with van der Waals surface area (Å²) in [4.78, 5) is 17.8. The standard InChI is InChI=1S/C35H38N6O4S/c1-5-28-22-40(46(43,44)32-13-10-18-36-35(32)45-28)21-26-19-25(15-14-23(26)3)30(20-33(42)37-27-11-8-7-9-12-27)29-16-17-31-34(24(29)4)38-39-41(31)6-2/h7-19,28,30H,5-6,20-22H2,1-4H3,(H,37,42)/t28-,30?/m1/s1. The molecule has 46 heavy (non-hydrogen) atoms. The van der Waals surface area contributed by atoms with E-state index in [0.717, 1.165) is 44.5 Å². The molecule has 238 valence electrons. The third-order valence-corrected chi connectivity index (χ3v) is 10.5. The van der Waals surface area contributed by atoms with Gasteiger partial charge in [-0.25, -0.2) is 18.1 Å². The first-order chi connectivity index (χ1) is 22.2. The fraction of sp³-hybridized carbons (Fsp3) is 0.314. The summed E-state index contributed by atoms with van der Waals surface area (Å²) < 4.78 is 37.2. The molecule has 1 unspecified atom stereocenters. The second-order valence-electron chi connectivity index (χ2n) is 11.7. The second-order valence-corrected chi connectivity index (χ2v) is 13.6. The van der Waals surface area contributed by atoms with Crippen molar-refractivity contribution in [1.29, 1.82) is 0 Å². The summed E-state index contributed by atoms with van der Waals surface area (Å²) in [5.41, 5.74) is 7.11. The first-order valence-corrected chi connectivity index (χ1v) is 17.0. The summed E-state index contributed by atoms with van der Waals surface area (Å²) in [5.74, 6) is -0.313. The van der Waals surface area contributed by atoms with Gasteiger partial charge in [0.05, 0.1) is 12.1 Å². The number of nitrogens with zero attached hydrogens (tertiary/aromatic N) is 5. The third kappa shape index (κ3) is 6.12. The lowest BCUT2D eigenvalue weighted by Gasteiger charge is -2.25. The molecule has 0 radical (unpaired) electrons. The number of pyridine rings is 1. The van der Waals surface area contributed by atoms with Gasteiger partial charge >= 0.3 is 0 Å². The number of para-hydroxylation sites is 1. The Labute approximate surface area is 269 Å². The van der Waals surface area contributed by atoms with Crippen molar-refractivity contribution in [2.75, 3.05) is 11.9 Å². The van der Waals surface area contributed by atoms with Crippen molar-refractivity contribution in [3.8, 4) is 5.88 Å². The number of rotatable bonds is 9. The number of carbonyl (C=O) groups excluding carboxylic acids is 1. The smallest absolute Gasteiger partial charge is 0.248 e. The van der Waals surface area contributed by atoms with E-state index in [2.05, 4.69) is 26.7 Å². The number of fused-ring (bicyclic) bond motifs is 2. The average molecular weight is 639 g/mol. The largest absolute Gasteiger partial charge is 0.472 e. The van der Waals surface area contributed by atoms with Crippen LogP contribution in [0.2, 0.25) is 0 Å². The number of aryl methyl sites for hydroxylation is 3. The van der Waals surface area contributed by atoms with Crippen molar-refractivity contribution in [3.63, 3.8) is 0 Å². The lowest BCUT2D eigenvalue weighted by atomic mass is 9.84. The van der Waals surface area contributed by atoms with Gasteiger partial charge in [0, 0.05) is 37.3 Å². The molecule has 0 fully saturated rings. The van der Waals surface area contributed by atoms with E-state index in [1.165, 1.54) is 4.31 Å². The highest BCUT2D eigenvalue weighted by atomic mass is 32.2. The van der Waals surface area contributed by atoms with Gasteiger partial charge in [-0.15, -0.1) is 5.10 Å². The molecule has 5 aromatic rings. The molecule has 0 saturated carbocycles. The minimum Gasteiger partial charge on any atom is -0.472 e. The van der Waals surface area contributed by atoms with Crippen LogP contribution in [0.3, 0.4) is 0 Å². The van der Waals surface area contributed by atoms with E-state index in [0.29, 0.717) is 13.0 Å². The Morgan fingerprint density at radius 2 is 1.85 bits per heavy atom. The molecule has 1 aliphatic rings. The minimum atomic E-state index is -3.88. The van der Waals surface area contributed by atoms with Crippen molar-refractivity contribution in [3.05, 3.63) is 107 Å². The molecule has 1 aliphatic heterocycles. The molecule has 0 aliphatic carbocycles. The number of hydrogen-bond acceptors (Lipinski definition) is 7. The number of anilines is 1. The van der Waals surface area contributed by atoms with Gasteiger partial charge in [0.1, 0.15) is 16.5 Å². The predicted octanol–water partition coefficient (Wildman–Crippen LogP) is 5.99. The maximum atomic E-state index is 13.9. The van der Waals surface area contributed by atoms with E-state index in [-0.39, 0.29) is 48.2 Å². The Morgan fingerprint density at radius 3 is 2.61 bits per heavy atom. The topological polar surface area (TPSA) is 119 Å². The van der Waals surface area contributed by atoms with Crippen LogP contribution in [0.1, 0.15) is 60.4 Å². The normalized spacial score (nSPS) is 16.7. The third-order valence-electron chi connectivity index (χ3n) is 8.72. The Kier molecular flexibility index (Phi) is 8.88. The van der Waals surface area contributed by atoms with E-state index in [1.54, 1.807) is 18.3 Å². The summed E-state index contributed by atoms with van der Waals surface area (Å²) in [5, 5.41) is 11.8. The molecule has 11 heteroatoms. The van der Waals surface area contributed by atoms with Crippen molar-refractivity contribution in [2.24, 2.45) is 0 Å². The Balaban J connectivity index is 1.40. The fourth-order valence-electron chi connectivity index (χ4n) is 6.07. The highest BCUT2D eigenvalue weighted by Gasteiger charge is 2.35. The van der Waals surface area contributed by atoms with Gasteiger partial charge in [0.2, 0.25) is 21.8 Å². The van der Waals surface area contributed by atoms with Gasteiger partial charge in [0.15, 0.2) is 0 Å². The molecule has 1 N–H and O–H groups in total. The molecule has 3 aromatic carbocycles. The molecule has 1 amide bonds. The summed E-state index contributed by atoms with van der Waals surface area (Å²) in [6.45, 7) is 9.04. The molecule has 3 heterocycles. The molecule has 2 aromatic heterocycles. The number of carbonyl (C=O) groups is 1. The number of ether oxygens (including phenoxy) is 1. The zero-order valence-corrected chi connectivity index (χ0v) is 27.3. The SMILES string of the molecule is CC[C@@H]1CN(Cc2cc(C(CC(=O)Nc3ccccc3)c3ccc4c(nnn4CC)c3C)ccc2C)S(=O)(=O)c2cccnc2O1. The van der Waals surface area contributed by atoms with Gasteiger partial charge in [0.25, 0.3) is 0 Å². The summed E-state index contributed by atoms with van der Waals surface area (Å²) >= 11 is 0. The van der Waals surface area contributed by atoms with Gasteiger partial charge in [-0.2, -0.15) is 4.31 Å². The molecule has 2 atom stereocenters. The van der Waals surface area contributed by atoms with Crippen LogP contribution in [0, 0.1) is 13.8 Å². The van der Waals surface area contributed by atoms with Crippen molar-refractivity contribution in [1.82, 2.24) is 24.3 Å². The predicted molar refractivity (Wildman–Crippen MR) is 177 cm³/mol. The summed E-state index contributed by atoms with van der Waals surface area (Å²) in [6, 6.07) is 22.7. The van der Waals surface area contributed by atoms with E-state index in [4.69, 9.17) is 4.74 Å². The molecule has 10 nitrogen and oxygen atoms in total. The molecular formula is C35H38N6O4S. The van der Waals surface area contributed by atoms with E-state index < -0.39 is 10.0 Å². The van der Waals surface area contributed by atoms with Crippen LogP contribution < -0.4 is 10.1 Å². The van der Waals surface area contributed by atoms with Crippen LogP contribution >= 0.6 is 0 Å². The van der Waals surface area contributed by atoms with E-state index in [9.17, 15) is 13.2 Å². The number of sulfonamides is 1. The van der Waals surface area contributed by atoms with Gasteiger partial charge in [-0.3, -0.25) is 4.79 Å². The lowest BCUT2D eigenvalue weighted by molar-refractivity contribution is -0.116. The van der Waals surface area contributed by atoms with Crippen molar-refractivity contribution < 1.29 is 17.9 Å². The van der Waals surface area contributed by atoms with Crippen LogP contribution in [0.4, 0.5) is 5.69 Å². The number of nitrogens with one attached hydrogen (secondary N) is 1. The zero-order chi connectivity index (χ0) is 32.4. The van der Waals surface area contributed by atoms with Crippen LogP contribution in [-0.2, 0) is 27.9 Å². The monoisotopic (exact) mass is 638 g/mol. The number of amides is 1. The minimum absolute atomic E-state index is 0.0688. The fourth-order valence-corrected chi connectivity index (χ4v) is 7.59. The Hall–Kier alpha value is -4.61. The van der Waals surface area contributed by atoms with E-state index in [1.807, 2.05) is 87.0 Å². The number of benzene rings is 3. The van der Waals surface area contributed by atoms with Crippen LogP contribution in [0.25, 0.3) is 11.0 Å². The van der Waals surface area contributed by atoms with Crippen LogP contribution in [0.15, 0.2) is 83.9 Å². The quantitative estimate of drug-likeness (QED) is 0.211. The molecule has 0 spiro atoms.